The first-order valence-corrected chi connectivity index (χ1v) is 8.60. The SMILES string of the molecule is Cc1ccc(C(=O)n2c(C)c(CC(C)C)c3cc(C)ccc32)cc1. The molecule has 2 aromatic carbocycles. The molecule has 0 saturated carbocycles. The lowest BCUT2D eigenvalue weighted by Gasteiger charge is -2.09. The molecule has 1 aromatic heterocycles. The van der Waals surface area contributed by atoms with Gasteiger partial charge in [-0.15, -0.1) is 0 Å². The summed E-state index contributed by atoms with van der Waals surface area (Å²) in [5.41, 5.74) is 6.50. The van der Waals surface area contributed by atoms with Crippen molar-refractivity contribution in [3.63, 3.8) is 0 Å². The molecule has 0 aliphatic heterocycles. The Morgan fingerprint density at radius 2 is 1.58 bits per heavy atom. The zero-order valence-corrected chi connectivity index (χ0v) is 15.2. The van der Waals surface area contributed by atoms with Crippen LogP contribution in [0.5, 0.6) is 0 Å². The molecule has 0 aliphatic carbocycles. The van der Waals surface area contributed by atoms with Crippen molar-refractivity contribution in [1.29, 1.82) is 0 Å². The highest BCUT2D eigenvalue weighted by molar-refractivity contribution is 6.04. The van der Waals surface area contributed by atoms with Crippen molar-refractivity contribution in [2.24, 2.45) is 5.92 Å². The zero-order valence-electron chi connectivity index (χ0n) is 15.2. The maximum Gasteiger partial charge on any atom is 0.262 e. The zero-order chi connectivity index (χ0) is 17.4. The summed E-state index contributed by atoms with van der Waals surface area (Å²) >= 11 is 0. The van der Waals surface area contributed by atoms with E-state index in [9.17, 15) is 4.79 Å². The van der Waals surface area contributed by atoms with Crippen molar-refractivity contribution < 1.29 is 4.79 Å². The van der Waals surface area contributed by atoms with Gasteiger partial charge >= 0.3 is 0 Å². The molecule has 1 heterocycles. The lowest BCUT2D eigenvalue weighted by molar-refractivity contribution is 0.0963. The Balaban J connectivity index is 2.22. The first kappa shape index (κ1) is 16.5. The average molecular weight is 319 g/mol. The van der Waals surface area contributed by atoms with Gasteiger partial charge < -0.3 is 0 Å². The van der Waals surface area contributed by atoms with Gasteiger partial charge in [-0.3, -0.25) is 9.36 Å². The smallest absolute Gasteiger partial charge is 0.262 e. The van der Waals surface area contributed by atoms with E-state index in [4.69, 9.17) is 0 Å². The fourth-order valence-electron chi connectivity index (χ4n) is 3.35. The minimum atomic E-state index is 0.0522. The number of rotatable bonds is 3. The van der Waals surface area contributed by atoms with Gasteiger partial charge in [0.15, 0.2) is 0 Å². The predicted octanol–water partition coefficient (Wildman–Crippen LogP) is 5.45. The summed E-state index contributed by atoms with van der Waals surface area (Å²) in [7, 11) is 0. The van der Waals surface area contributed by atoms with Crippen LogP contribution in [0.3, 0.4) is 0 Å². The van der Waals surface area contributed by atoms with Crippen LogP contribution in [-0.2, 0) is 6.42 Å². The molecule has 2 heteroatoms. The molecule has 0 atom stereocenters. The molecule has 0 saturated heterocycles. The van der Waals surface area contributed by atoms with E-state index in [1.807, 2.05) is 35.8 Å². The molecule has 0 bridgehead atoms. The van der Waals surface area contributed by atoms with Crippen LogP contribution < -0.4 is 0 Å². The van der Waals surface area contributed by atoms with E-state index in [0.29, 0.717) is 5.92 Å². The van der Waals surface area contributed by atoms with Gasteiger partial charge in [0, 0.05) is 16.6 Å². The second-order valence-electron chi connectivity index (χ2n) is 7.19. The second-order valence-corrected chi connectivity index (χ2v) is 7.19. The summed E-state index contributed by atoms with van der Waals surface area (Å²) in [6.07, 6.45) is 0.986. The fraction of sp³-hybridized carbons (Fsp3) is 0.318. The number of aryl methyl sites for hydroxylation is 2. The number of aromatic nitrogens is 1. The summed E-state index contributed by atoms with van der Waals surface area (Å²) in [4.78, 5) is 13.1. The van der Waals surface area contributed by atoms with Crippen LogP contribution in [0.4, 0.5) is 0 Å². The molecular weight excluding hydrogens is 294 g/mol. The number of fused-ring (bicyclic) bond motifs is 1. The Labute approximate surface area is 144 Å². The van der Waals surface area contributed by atoms with E-state index in [1.54, 1.807) is 0 Å². The molecule has 0 N–H and O–H groups in total. The van der Waals surface area contributed by atoms with Crippen LogP contribution in [0.25, 0.3) is 10.9 Å². The molecule has 24 heavy (non-hydrogen) atoms. The number of nitrogens with zero attached hydrogens (tertiary/aromatic N) is 1. The van der Waals surface area contributed by atoms with E-state index in [1.165, 1.54) is 16.5 Å². The van der Waals surface area contributed by atoms with E-state index in [0.717, 1.165) is 28.8 Å². The molecule has 3 aromatic rings. The van der Waals surface area contributed by atoms with Gasteiger partial charge in [0.1, 0.15) is 0 Å². The van der Waals surface area contributed by atoms with Crippen LogP contribution in [-0.4, -0.2) is 10.5 Å². The van der Waals surface area contributed by atoms with Gasteiger partial charge in [0.25, 0.3) is 5.91 Å². The topological polar surface area (TPSA) is 22.0 Å². The van der Waals surface area contributed by atoms with Crippen LogP contribution in [0.15, 0.2) is 42.5 Å². The molecule has 2 nitrogen and oxygen atoms in total. The van der Waals surface area contributed by atoms with Crippen LogP contribution in [0.1, 0.15) is 46.6 Å². The number of hydrogen-bond acceptors (Lipinski definition) is 1. The monoisotopic (exact) mass is 319 g/mol. The Morgan fingerprint density at radius 3 is 2.21 bits per heavy atom. The molecule has 0 radical (unpaired) electrons. The lowest BCUT2D eigenvalue weighted by Crippen LogP contribution is -2.14. The number of carbonyl (C=O) groups is 1. The third-order valence-corrected chi connectivity index (χ3v) is 4.60. The average Bonchev–Trinajstić information content (AvgIpc) is 2.79. The minimum Gasteiger partial charge on any atom is -0.280 e. The third-order valence-electron chi connectivity index (χ3n) is 4.60. The van der Waals surface area contributed by atoms with Gasteiger partial charge in [-0.25, -0.2) is 0 Å². The predicted molar refractivity (Wildman–Crippen MR) is 101 cm³/mol. The largest absolute Gasteiger partial charge is 0.280 e. The molecule has 0 spiro atoms. The summed E-state index contributed by atoms with van der Waals surface area (Å²) < 4.78 is 1.89. The summed E-state index contributed by atoms with van der Waals surface area (Å²) in [6, 6.07) is 14.2. The van der Waals surface area contributed by atoms with Crippen molar-refractivity contribution >= 4 is 16.8 Å². The first-order chi connectivity index (χ1) is 11.4. The van der Waals surface area contributed by atoms with Gasteiger partial charge in [0.2, 0.25) is 0 Å². The fourth-order valence-corrected chi connectivity index (χ4v) is 3.35. The molecule has 0 aliphatic rings. The maximum atomic E-state index is 13.1. The molecule has 0 fully saturated rings. The number of carbonyl (C=O) groups excluding carboxylic acids is 1. The summed E-state index contributed by atoms with van der Waals surface area (Å²) in [5.74, 6) is 0.606. The van der Waals surface area contributed by atoms with Crippen molar-refractivity contribution in [2.75, 3.05) is 0 Å². The van der Waals surface area contributed by atoms with Crippen molar-refractivity contribution in [3.8, 4) is 0 Å². The Kier molecular flexibility index (Phi) is 4.31. The highest BCUT2D eigenvalue weighted by atomic mass is 16.2. The first-order valence-electron chi connectivity index (χ1n) is 8.60. The Hall–Kier alpha value is -2.35. The van der Waals surface area contributed by atoms with Crippen molar-refractivity contribution in [1.82, 2.24) is 4.57 Å². The molecular formula is C22H25NO. The molecule has 0 amide bonds. The highest BCUT2D eigenvalue weighted by Crippen LogP contribution is 2.29. The summed E-state index contributed by atoms with van der Waals surface area (Å²) in [6.45, 7) is 10.7. The van der Waals surface area contributed by atoms with E-state index < -0.39 is 0 Å². The van der Waals surface area contributed by atoms with E-state index >= 15 is 0 Å². The second kappa shape index (κ2) is 6.27. The van der Waals surface area contributed by atoms with Crippen molar-refractivity contribution in [2.45, 2.75) is 41.0 Å². The standard InChI is InChI=1S/C22H25NO/c1-14(2)12-19-17(5)23(21-11-8-16(4)13-20(19)21)22(24)18-9-6-15(3)7-10-18/h6-11,13-14H,12H2,1-5H3. The normalized spacial score (nSPS) is 11.4. The molecule has 3 rings (SSSR count). The highest BCUT2D eigenvalue weighted by Gasteiger charge is 2.20. The minimum absolute atomic E-state index is 0.0522. The summed E-state index contributed by atoms with van der Waals surface area (Å²) in [5, 5.41) is 1.21. The lowest BCUT2D eigenvalue weighted by atomic mass is 9.99. The van der Waals surface area contributed by atoms with E-state index in [-0.39, 0.29) is 5.91 Å². The van der Waals surface area contributed by atoms with Crippen LogP contribution >= 0.6 is 0 Å². The van der Waals surface area contributed by atoms with Gasteiger partial charge in [-0.2, -0.15) is 0 Å². The quantitative estimate of drug-likeness (QED) is 0.629. The number of benzene rings is 2. The Bertz CT molecular complexity index is 898. The van der Waals surface area contributed by atoms with Gasteiger partial charge in [0.05, 0.1) is 5.52 Å². The molecule has 124 valence electrons. The van der Waals surface area contributed by atoms with Crippen LogP contribution in [0, 0.1) is 26.7 Å². The van der Waals surface area contributed by atoms with Crippen LogP contribution in [0.2, 0.25) is 0 Å². The van der Waals surface area contributed by atoms with Gasteiger partial charge in [-0.1, -0.05) is 43.2 Å². The Morgan fingerprint density at radius 1 is 0.958 bits per heavy atom. The molecule has 0 unspecified atom stereocenters. The van der Waals surface area contributed by atoms with E-state index in [2.05, 4.69) is 45.9 Å². The maximum absolute atomic E-state index is 13.1. The number of hydrogen-bond donors (Lipinski definition) is 0. The van der Waals surface area contributed by atoms with Gasteiger partial charge in [-0.05, 0) is 62.9 Å². The third kappa shape index (κ3) is 2.89. The van der Waals surface area contributed by atoms with Crippen molar-refractivity contribution in [3.05, 3.63) is 70.4 Å².